The van der Waals surface area contributed by atoms with Crippen molar-refractivity contribution in [2.45, 2.75) is 12.6 Å². The second-order valence-electron chi connectivity index (χ2n) is 5.53. The predicted octanol–water partition coefficient (Wildman–Crippen LogP) is 4.54. The van der Waals surface area contributed by atoms with Gasteiger partial charge in [0.05, 0.1) is 5.56 Å². The maximum atomic E-state index is 12.7. The van der Waals surface area contributed by atoms with E-state index in [1.54, 1.807) is 18.2 Å². The fourth-order valence-corrected chi connectivity index (χ4v) is 2.29. The third-order valence-electron chi connectivity index (χ3n) is 3.53. The summed E-state index contributed by atoms with van der Waals surface area (Å²) in [6, 6.07) is 13.2. The molecule has 140 valence electrons. The molecule has 2 aromatic rings. The molecule has 4 nitrogen and oxygen atoms in total. The Bertz CT molecular complexity index is 871. The van der Waals surface area contributed by atoms with Crippen molar-refractivity contribution in [2.75, 3.05) is 11.9 Å². The Morgan fingerprint density at radius 1 is 1.19 bits per heavy atom. The minimum absolute atomic E-state index is 0.0443. The van der Waals surface area contributed by atoms with E-state index >= 15 is 0 Å². The molecule has 0 aliphatic heterocycles. The highest BCUT2D eigenvalue weighted by Gasteiger charge is 2.30. The van der Waals surface area contributed by atoms with Crippen LogP contribution in [-0.4, -0.2) is 12.5 Å². The molecule has 27 heavy (non-hydrogen) atoms. The summed E-state index contributed by atoms with van der Waals surface area (Å²) >= 11 is 5.80. The predicted molar refractivity (Wildman–Crippen MR) is 96.9 cm³/mol. The lowest BCUT2D eigenvalue weighted by Gasteiger charge is -2.09. The van der Waals surface area contributed by atoms with E-state index in [0.717, 1.165) is 17.7 Å². The zero-order valence-electron chi connectivity index (χ0n) is 14.0. The average molecular weight is 394 g/mol. The first-order chi connectivity index (χ1) is 12.8. The highest BCUT2D eigenvalue weighted by Crippen LogP contribution is 2.30. The molecule has 1 amide bonds. The molecule has 0 saturated heterocycles. The molecule has 0 fully saturated rings. The Labute approximate surface area is 159 Å². The van der Waals surface area contributed by atoms with Crippen LogP contribution in [0.2, 0.25) is 5.02 Å². The first kappa shape index (κ1) is 20.3. The van der Waals surface area contributed by atoms with Gasteiger partial charge in [-0.05, 0) is 42.3 Å². The summed E-state index contributed by atoms with van der Waals surface area (Å²) < 4.78 is 38.1. The van der Waals surface area contributed by atoms with Crippen LogP contribution in [0.3, 0.4) is 0 Å². The van der Waals surface area contributed by atoms with E-state index in [4.69, 9.17) is 16.9 Å². The third kappa shape index (κ3) is 6.35. The second-order valence-corrected chi connectivity index (χ2v) is 5.97. The molecule has 2 aromatic carbocycles. The number of halogens is 4. The van der Waals surface area contributed by atoms with Crippen molar-refractivity contribution < 1.29 is 18.0 Å². The van der Waals surface area contributed by atoms with E-state index in [2.05, 4.69) is 10.6 Å². The van der Waals surface area contributed by atoms with Crippen molar-refractivity contribution in [1.29, 1.82) is 5.26 Å². The fraction of sp³-hybridized carbons (Fsp3) is 0.158. The van der Waals surface area contributed by atoms with Crippen LogP contribution in [0.25, 0.3) is 0 Å². The number of nitrogens with one attached hydrogen (secondary N) is 2. The number of hydrogen-bond donors (Lipinski definition) is 2. The fourth-order valence-electron chi connectivity index (χ4n) is 2.16. The summed E-state index contributed by atoms with van der Waals surface area (Å²) in [5.74, 6) is -0.796. The molecule has 0 unspecified atom stereocenters. The van der Waals surface area contributed by atoms with Crippen LogP contribution in [0.4, 0.5) is 18.9 Å². The Morgan fingerprint density at radius 2 is 1.89 bits per heavy atom. The Kier molecular flexibility index (Phi) is 6.85. The summed E-state index contributed by atoms with van der Waals surface area (Å²) in [6.45, 7) is 0.462. The Hall–Kier alpha value is -2.98. The first-order valence-corrected chi connectivity index (χ1v) is 8.24. The average Bonchev–Trinajstić information content (AvgIpc) is 2.62. The van der Waals surface area contributed by atoms with Crippen molar-refractivity contribution in [3.8, 4) is 6.07 Å². The van der Waals surface area contributed by atoms with Gasteiger partial charge in [-0.25, -0.2) is 0 Å². The number of anilines is 1. The van der Waals surface area contributed by atoms with Gasteiger partial charge in [0.25, 0.3) is 5.91 Å². The molecule has 0 bridgehead atoms. The monoisotopic (exact) mass is 393 g/mol. The number of amides is 1. The minimum atomic E-state index is -4.52. The van der Waals surface area contributed by atoms with Crippen LogP contribution in [0.15, 0.2) is 60.3 Å². The van der Waals surface area contributed by atoms with Crippen molar-refractivity contribution in [2.24, 2.45) is 0 Å². The normalized spacial score (nSPS) is 11.6. The van der Waals surface area contributed by atoms with Crippen LogP contribution < -0.4 is 10.6 Å². The number of rotatable bonds is 6. The Morgan fingerprint density at radius 3 is 2.52 bits per heavy atom. The van der Waals surface area contributed by atoms with Gasteiger partial charge >= 0.3 is 6.18 Å². The van der Waals surface area contributed by atoms with E-state index in [1.165, 1.54) is 18.3 Å². The van der Waals surface area contributed by atoms with Gasteiger partial charge in [-0.2, -0.15) is 18.4 Å². The largest absolute Gasteiger partial charge is 0.416 e. The van der Waals surface area contributed by atoms with Crippen LogP contribution >= 0.6 is 11.6 Å². The summed E-state index contributed by atoms with van der Waals surface area (Å²) in [5, 5.41) is 14.9. The van der Waals surface area contributed by atoms with Crippen molar-refractivity contribution in [1.82, 2.24) is 5.32 Å². The van der Waals surface area contributed by atoms with Crippen LogP contribution in [0.1, 0.15) is 11.1 Å². The summed E-state index contributed by atoms with van der Waals surface area (Å²) in [4.78, 5) is 12.1. The molecule has 0 aliphatic carbocycles. The minimum Gasteiger partial charge on any atom is -0.389 e. The molecule has 0 radical (unpaired) electrons. The third-order valence-corrected chi connectivity index (χ3v) is 3.78. The molecule has 0 aliphatic rings. The number of carbonyl (C=O) groups is 1. The van der Waals surface area contributed by atoms with Gasteiger partial charge in [-0.3, -0.25) is 4.79 Å². The van der Waals surface area contributed by atoms with Crippen LogP contribution in [0, 0.1) is 11.3 Å². The van der Waals surface area contributed by atoms with Crippen LogP contribution in [-0.2, 0) is 17.4 Å². The van der Waals surface area contributed by atoms with Gasteiger partial charge in [0.15, 0.2) is 0 Å². The standard InChI is InChI=1S/C19H15ClF3N3O/c20-16-6-4-13(5-7-16)8-9-25-12-14(11-24)18(27)26-17-3-1-2-15(10-17)19(21,22)23/h1-7,10,12,25H,8-9H2,(H,26,27)/b14-12-. The second kappa shape index (κ2) is 9.10. The lowest BCUT2D eigenvalue weighted by atomic mass is 10.1. The van der Waals surface area contributed by atoms with Crippen molar-refractivity contribution in [3.05, 3.63) is 76.5 Å². The molecule has 0 spiro atoms. The molecular weight excluding hydrogens is 379 g/mol. The van der Waals surface area contributed by atoms with Crippen molar-refractivity contribution in [3.63, 3.8) is 0 Å². The lowest BCUT2D eigenvalue weighted by Crippen LogP contribution is -2.18. The van der Waals surface area contributed by atoms with Crippen molar-refractivity contribution >= 4 is 23.2 Å². The van der Waals surface area contributed by atoms with E-state index in [1.807, 2.05) is 12.1 Å². The lowest BCUT2D eigenvalue weighted by molar-refractivity contribution is -0.137. The zero-order valence-corrected chi connectivity index (χ0v) is 14.7. The molecule has 0 atom stereocenters. The number of benzene rings is 2. The van der Waals surface area contributed by atoms with E-state index < -0.39 is 17.6 Å². The Balaban J connectivity index is 1.94. The molecule has 0 aromatic heterocycles. The quantitative estimate of drug-likeness (QED) is 0.430. The maximum absolute atomic E-state index is 12.7. The molecule has 2 rings (SSSR count). The summed E-state index contributed by atoms with van der Waals surface area (Å²) in [6.07, 6.45) is -2.64. The van der Waals surface area contributed by atoms with Gasteiger partial charge in [0.1, 0.15) is 11.6 Å². The molecule has 2 N–H and O–H groups in total. The molecule has 0 saturated carbocycles. The van der Waals surface area contributed by atoms with Gasteiger partial charge in [0.2, 0.25) is 0 Å². The molecule has 0 heterocycles. The van der Waals surface area contributed by atoms with E-state index in [-0.39, 0.29) is 11.3 Å². The number of carbonyl (C=O) groups excluding carboxylic acids is 1. The number of alkyl halides is 3. The SMILES string of the molecule is N#C/C(=C/NCCc1ccc(Cl)cc1)C(=O)Nc1cccc(C(F)(F)F)c1. The van der Waals surface area contributed by atoms with E-state index in [0.29, 0.717) is 18.0 Å². The molecule has 8 heteroatoms. The highest BCUT2D eigenvalue weighted by atomic mass is 35.5. The zero-order chi connectivity index (χ0) is 19.9. The van der Waals surface area contributed by atoms with Gasteiger partial charge < -0.3 is 10.6 Å². The summed E-state index contributed by atoms with van der Waals surface area (Å²) in [5.41, 5.74) is -0.156. The topological polar surface area (TPSA) is 64.9 Å². The van der Waals surface area contributed by atoms with Gasteiger partial charge in [-0.1, -0.05) is 29.8 Å². The number of nitriles is 1. The first-order valence-electron chi connectivity index (χ1n) is 7.86. The number of nitrogens with zero attached hydrogens (tertiary/aromatic N) is 1. The van der Waals surface area contributed by atoms with Crippen LogP contribution in [0.5, 0.6) is 0 Å². The molecular formula is C19H15ClF3N3O. The van der Waals surface area contributed by atoms with Gasteiger partial charge in [0, 0.05) is 23.5 Å². The van der Waals surface area contributed by atoms with Gasteiger partial charge in [-0.15, -0.1) is 0 Å². The summed E-state index contributed by atoms with van der Waals surface area (Å²) in [7, 11) is 0. The number of hydrogen-bond acceptors (Lipinski definition) is 3. The maximum Gasteiger partial charge on any atom is 0.416 e. The smallest absolute Gasteiger partial charge is 0.389 e. The highest BCUT2D eigenvalue weighted by molar-refractivity contribution is 6.30. The van der Waals surface area contributed by atoms with E-state index in [9.17, 15) is 18.0 Å².